The highest BCUT2D eigenvalue weighted by Gasteiger charge is 2.15. The van der Waals surface area contributed by atoms with Crippen LogP contribution in [0.2, 0.25) is 0 Å². The van der Waals surface area contributed by atoms with Gasteiger partial charge in [0.1, 0.15) is 0 Å². The maximum atomic E-state index is 12.9. The molecule has 0 fully saturated rings. The van der Waals surface area contributed by atoms with Gasteiger partial charge in [0.2, 0.25) is 5.91 Å². The highest BCUT2D eigenvalue weighted by atomic mass is 19.2. The molecule has 1 aromatic rings. The fraction of sp³-hybridized carbons (Fsp3) is 0.417. The minimum atomic E-state index is -1.000. The lowest BCUT2D eigenvalue weighted by Gasteiger charge is -2.14. The predicted octanol–water partition coefficient (Wildman–Crippen LogP) is 2.28. The molecule has 3 nitrogen and oxygen atoms in total. The number of carbonyl (C=O) groups excluding carboxylic acids is 1. The van der Waals surface area contributed by atoms with Crippen LogP contribution in [0.3, 0.4) is 0 Å². The summed E-state index contributed by atoms with van der Waals surface area (Å²) in [7, 11) is 0. The molecule has 1 rings (SSSR count). The number of amides is 1. The molecule has 0 bridgehead atoms. The molecule has 17 heavy (non-hydrogen) atoms. The van der Waals surface area contributed by atoms with Crippen molar-refractivity contribution in [3.8, 4) is 0 Å². The van der Waals surface area contributed by atoms with E-state index in [1.54, 1.807) is 0 Å². The fourth-order valence-corrected chi connectivity index (χ4v) is 1.42. The number of halogens is 2. The lowest BCUT2D eigenvalue weighted by molar-refractivity contribution is -0.117. The second kappa shape index (κ2) is 5.72. The Hall–Kier alpha value is -1.49. The van der Waals surface area contributed by atoms with Gasteiger partial charge in [-0.05, 0) is 24.5 Å². The molecule has 1 aromatic carbocycles. The largest absolute Gasteiger partial charge is 0.325 e. The Morgan fingerprint density at radius 2 is 2.00 bits per heavy atom. The predicted molar refractivity (Wildman–Crippen MR) is 62.4 cm³/mol. The monoisotopic (exact) mass is 242 g/mol. The number of hydrogen-bond acceptors (Lipinski definition) is 2. The third-order valence-electron chi connectivity index (χ3n) is 2.25. The Bertz CT molecular complexity index is 407. The Morgan fingerprint density at radius 3 is 2.53 bits per heavy atom. The van der Waals surface area contributed by atoms with E-state index in [0.29, 0.717) is 12.3 Å². The van der Waals surface area contributed by atoms with E-state index in [4.69, 9.17) is 5.73 Å². The molecule has 0 spiro atoms. The Kier molecular flexibility index (Phi) is 4.57. The van der Waals surface area contributed by atoms with Gasteiger partial charge >= 0.3 is 0 Å². The normalized spacial score (nSPS) is 12.6. The standard InChI is InChI=1S/C12H16F2N2O/c1-7(2)5-11(15)12(17)16-8-3-4-9(13)10(14)6-8/h3-4,6-7,11H,5,15H2,1-2H3,(H,16,17). The smallest absolute Gasteiger partial charge is 0.241 e. The third-order valence-corrected chi connectivity index (χ3v) is 2.25. The zero-order valence-electron chi connectivity index (χ0n) is 9.84. The van der Waals surface area contributed by atoms with E-state index in [-0.39, 0.29) is 5.69 Å². The van der Waals surface area contributed by atoms with Crippen LogP contribution in [0.15, 0.2) is 18.2 Å². The first kappa shape index (κ1) is 13.6. The number of anilines is 1. The Labute approximate surface area is 99.0 Å². The van der Waals surface area contributed by atoms with E-state index in [1.807, 2.05) is 13.8 Å². The summed E-state index contributed by atoms with van der Waals surface area (Å²) in [4.78, 5) is 11.6. The summed E-state index contributed by atoms with van der Waals surface area (Å²) >= 11 is 0. The first-order chi connectivity index (χ1) is 7.90. The number of benzene rings is 1. The molecule has 0 saturated carbocycles. The van der Waals surface area contributed by atoms with Gasteiger partial charge in [-0.15, -0.1) is 0 Å². The first-order valence-electron chi connectivity index (χ1n) is 5.41. The Balaban J connectivity index is 2.64. The highest BCUT2D eigenvalue weighted by molar-refractivity contribution is 5.94. The number of hydrogen-bond donors (Lipinski definition) is 2. The van der Waals surface area contributed by atoms with Crippen LogP contribution in [-0.4, -0.2) is 11.9 Å². The van der Waals surface area contributed by atoms with Crippen molar-refractivity contribution in [2.75, 3.05) is 5.32 Å². The molecule has 1 unspecified atom stereocenters. The van der Waals surface area contributed by atoms with E-state index in [2.05, 4.69) is 5.32 Å². The van der Waals surface area contributed by atoms with Crippen LogP contribution in [0.25, 0.3) is 0 Å². The minimum Gasteiger partial charge on any atom is -0.325 e. The van der Waals surface area contributed by atoms with Crippen molar-refractivity contribution >= 4 is 11.6 Å². The molecule has 0 aliphatic heterocycles. The van der Waals surface area contributed by atoms with Crippen LogP contribution in [0.4, 0.5) is 14.5 Å². The molecule has 0 radical (unpaired) electrons. The third kappa shape index (κ3) is 4.11. The Morgan fingerprint density at radius 1 is 1.35 bits per heavy atom. The lowest BCUT2D eigenvalue weighted by atomic mass is 10.0. The van der Waals surface area contributed by atoms with E-state index >= 15 is 0 Å². The highest BCUT2D eigenvalue weighted by Crippen LogP contribution is 2.14. The molecular weight excluding hydrogens is 226 g/mol. The summed E-state index contributed by atoms with van der Waals surface area (Å²) in [5, 5.41) is 2.44. The molecule has 0 aliphatic carbocycles. The second-order valence-electron chi connectivity index (χ2n) is 4.35. The van der Waals surface area contributed by atoms with Gasteiger partial charge in [0.15, 0.2) is 11.6 Å². The summed E-state index contributed by atoms with van der Waals surface area (Å²) in [6.45, 7) is 3.90. The van der Waals surface area contributed by atoms with Crippen LogP contribution in [0.5, 0.6) is 0 Å². The summed E-state index contributed by atoms with van der Waals surface area (Å²) in [6, 6.07) is 2.52. The molecular formula is C12H16F2N2O. The van der Waals surface area contributed by atoms with Gasteiger partial charge in [0.05, 0.1) is 6.04 Å². The summed E-state index contributed by atoms with van der Waals surface area (Å²) in [5.41, 5.74) is 5.86. The summed E-state index contributed by atoms with van der Waals surface area (Å²) in [5.74, 6) is -2.06. The quantitative estimate of drug-likeness (QED) is 0.851. The van der Waals surface area contributed by atoms with Gasteiger partial charge in [-0.3, -0.25) is 4.79 Å². The molecule has 94 valence electrons. The number of nitrogens with one attached hydrogen (secondary N) is 1. The van der Waals surface area contributed by atoms with Gasteiger partial charge in [0, 0.05) is 11.8 Å². The maximum absolute atomic E-state index is 12.9. The van der Waals surface area contributed by atoms with Gasteiger partial charge in [-0.2, -0.15) is 0 Å². The van der Waals surface area contributed by atoms with Crippen LogP contribution in [-0.2, 0) is 4.79 Å². The molecule has 0 saturated heterocycles. The molecule has 5 heteroatoms. The van der Waals surface area contributed by atoms with Crippen molar-refractivity contribution < 1.29 is 13.6 Å². The van der Waals surface area contributed by atoms with Gasteiger partial charge in [0.25, 0.3) is 0 Å². The molecule has 1 amide bonds. The lowest BCUT2D eigenvalue weighted by Crippen LogP contribution is -2.36. The zero-order chi connectivity index (χ0) is 13.0. The van der Waals surface area contributed by atoms with Gasteiger partial charge in [-0.1, -0.05) is 13.8 Å². The van der Waals surface area contributed by atoms with Gasteiger partial charge in [-0.25, -0.2) is 8.78 Å². The van der Waals surface area contributed by atoms with Crippen molar-refractivity contribution in [2.45, 2.75) is 26.3 Å². The van der Waals surface area contributed by atoms with Crippen molar-refractivity contribution in [3.63, 3.8) is 0 Å². The SMILES string of the molecule is CC(C)CC(N)C(=O)Nc1ccc(F)c(F)c1. The van der Waals surface area contributed by atoms with E-state index in [0.717, 1.165) is 12.1 Å². The molecule has 1 atom stereocenters. The van der Waals surface area contributed by atoms with E-state index in [1.165, 1.54) is 6.07 Å². The average Bonchev–Trinajstić information content (AvgIpc) is 2.22. The fourth-order valence-electron chi connectivity index (χ4n) is 1.42. The average molecular weight is 242 g/mol. The summed E-state index contributed by atoms with van der Waals surface area (Å²) < 4.78 is 25.5. The van der Waals surface area contributed by atoms with Crippen LogP contribution < -0.4 is 11.1 Å². The summed E-state index contributed by atoms with van der Waals surface area (Å²) in [6.07, 6.45) is 0.537. The second-order valence-corrected chi connectivity index (χ2v) is 4.35. The van der Waals surface area contributed by atoms with Crippen LogP contribution in [0.1, 0.15) is 20.3 Å². The topological polar surface area (TPSA) is 55.1 Å². The number of rotatable bonds is 4. The van der Waals surface area contributed by atoms with Crippen molar-refractivity contribution in [3.05, 3.63) is 29.8 Å². The van der Waals surface area contributed by atoms with E-state index < -0.39 is 23.6 Å². The van der Waals surface area contributed by atoms with Crippen LogP contribution >= 0.6 is 0 Å². The van der Waals surface area contributed by atoms with Crippen molar-refractivity contribution in [1.82, 2.24) is 0 Å². The minimum absolute atomic E-state index is 0.202. The van der Waals surface area contributed by atoms with E-state index in [9.17, 15) is 13.6 Å². The molecule has 3 N–H and O–H groups in total. The number of nitrogens with two attached hydrogens (primary N) is 1. The molecule has 0 aliphatic rings. The molecule has 0 aromatic heterocycles. The first-order valence-corrected chi connectivity index (χ1v) is 5.41. The van der Waals surface area contributed by atoms with Gasteiger partial charge < -0.3 is 11.1 Å². The zero-order valence-corrected chi connectivity index (χ0v) is 9.84. The van der Waals surface area contributed by atoms with Crippen molar-refractivity contribution in [1.29, 1.82) is 0 Å². The van der Waals surface area contributed by atoms with Crippen LogP contribution in [0, 0.1) is 17.6 Å². The number of carbonyl (C=O) groups is 1. The van der Waals surface area contributed by atoms with Crippen molar-refractivity contribution in [2.24, 2.45) is 11.7 Å². The molecule has 0 heterocycles. The maximum Gasteiger partial charge on any atom is 0.241 e.